The molecule has 1 heterocycles. The van der Waals surface area contributed by atoms with Gasteiger partial charge in [-0.2, -0.15) is 0 Å². The molecule has 2 aromatic carbocycles. The van der Waals surface area contributed by atoms with Crippen molar-refractivity contribution in [2.45, 2.75) is 9.79 Å². The minimum Gasteiger partial charge on any atom is -0.478 e. The number of nitrogens with one attached hydrogen (secondary N) is 1. The third-order valence-corrected chi connectivity index (χ3v) is 6.29. The number of rotatable bonds is 5. The standard InChI is InChI=1S/C19H13ClN2O7S/c20-10-3-7-12(8-4-10)30(28,29)11-5-1-9(2-6-11)13-14(18(24)25)16(21)22-17(23)15(13)19(26)27/h1-8H,(H,24,25)(H,26,27)(H3,21,22,23). The van der Waals surface area contributed by atoms with E-state index in [1.54, 1.807) is 0 Å². The van der Waals surface area contributed by atoms with Crippen molar-refractivity contribution in [1.29, 1.82) is 0 Å². The van der Waals surface area contributed by atoms with Crippen LogP contribution in [0.3, 0.4) is 0 Å². The van der Waals surface area contributed by atoms with Gasteiger partial charge in [0.2, 0.25) is 9.84 Å². The molecule has 5 N–H and O–H groups in total. The number of anilines is 1. The van der Waals surface area contributed by atoms with E-state index in [1.807, 2.05) is 4.98 Å². The molecule has 0 unspecified atom stereocenters. The van der Waals surface area contributed by atoms with Crippen LogP contribution in [0.1, 0.15) is 20.7 Å². The Bertz CT molecular complexity index is 1330. The van der Waals surface area contributed by atoms with Gasteiger partial charge in [-0.25, -0.2) is 18.0 Å². The van der Waals surface area contributed by atoms with Gasteiger partial charge in [-0.3, -0.25) is 4.79 Å². The van der Waals surface area contributed by atoms with Gasteiger partial charge in [-0.15, -0.1) is 0 Å². The third kappa shape index (κ3) is 3.65. The number of aromatic nitrogens is 1. The molecule has 3 rings (SSSR count). The maximum absolute atomic E-state index is 12.7. The van der Waals surface area contributed by atoms with Crippen LogP contribution in [0.5, 0.6) is 0 Å². The first-order chi connectivity index (χ1) is 14.0. The van der Waals surface area contributed by atoms with E-state index in [1.165, 1.54) is 48.5 Å². The quantitative estimate of drug-likeness (QED) is 0.461. The molecule has 0 aliphatic heterocycles. The van der Waals surface area contributed by atoms with Gasteiger partial charge in [0.25, 0.3) is 5.56 Å². The maximum atomic E-state index is 12.7. The lowest BCUT2D eigenvalue weighted by Crippen LogP contribution is -2.24. The molecule has 154 valence electrons. The predicted octanol–water partition coefficient (Wildman–Crippen LogP) is 2.51. The lowest BCUT2D eigenvalue weighted by molar-refractivity contribution is 0.0695. The molecule has 0 saturated heterocycles. The van der Waals surface area contributed by atoms with Crippen molar-refractivity contribution in [3.05, 3.63) is 75.0 Å². The second-order valence-electron chi connectivity index (χ2n) is 6.08. The van der Waals surface area contributed by atoms with Gasteiger partial charge in [0, 0.05) is 10.6 Å². The molecule has 0 aliphatic rings. The highest BCUT2D eigenvalue weighted by Crippen LogP contribution is 2.31. The first-order valence-electron chi connectivity index (χ1n) is 8.17. The van der Waals surface area contributed by atoms with E-state index in [2.05, 4.69) is 0 Å². The molecular formula is C19H13ClN2O7S. The number of benzene rings is 2. The van der Waals surface area contributed by atoms with Crippen LogP contribution in [-0.4, -0.2) is 35.6 Å². The Labute approximate surface area is 174 Å². The van der Waals surface area contributed by atoms with Gasteiger partial charge in [0.15, 0.2) is 0 Å². The van der Waals surface area contributed by atoms with Crippen molar-refractivity contribution >= 4 is 39.2 Å². The molecule has 11 heteroatoms. The molecule has 0 fully saturated rings. The Balaban J connectivity index is 2.20. The molecule has 0 bridgehead atoms. The van der Waals surface area contributed by atoms with Crippen molar-refractivity contribution in [2.75, 3.05) is 5.73 Å². The predicted molar refractivity (Wildman–Crippen MR) is 108 cm³/mol. The number of nitrogens with two attached hydrogens (primary N) is 1. The van der Waals surface area contributed by atoms with E-state index in [0.717, 1.165) is 0 Å². The summed E-state index contributed by atoms with van der Waals surface area (Å²) in [6.45, 7) is 0. The fraction of sp³-hybridized carbons (Fsp3) is 0. The molecule has 9 nitrogen and oxygen atoms in total. The molecule has 0 atom stereocenters. The zero-order valence-electron chi connectivity index (χ0n) is 14.9. The highest BCUT2D eigenvalue weighted by atomic mass is 35.5. The van der Waals surface area contributed by atoms with Crippen LogP contribution in [0, 0.1) is 0 Å². The number of H-pyrrole nitrogens is 1. The maximum Gasteiger partial charge on any atom is 0.342 e. The number of carbonyl (C=O) groups is 2. The van der Waals surface area contributed by atoms with Crippen molar-refractivity contribution < 1.29 is 28.2 Å². The average Bonchev–Trinajstić information content (AvgIpc) is 2.67. The number of carboxylic acid groups (broad SMARTS) is 2. The van der Waals surface area contributed by atoms with E-state index >= 15 is 0 Å². The van der Waals surface area contributed by atoms with Crippen LogP contribution in [0.15, 0.2) is 63.1 Å². The second kappa shape index (κ2) is 7.65. The smallest absolute Gasteiger partial charge is 0.342 e. The van der Waals surface area contributed by atoms with Crippen molar-refractivity contribution in [3.63, 3.8) is 0 Å². The number of halogens is 1. The van der Waals surface area contributed by atoms with E-state index in [9.17, 15) is 33.0 Å². The monoisotopic (exact) mass is 448 g/mol. The molecule has 30 heavy (non-hydrogen) atoms. The summed E-state index contributed by atoms with van der Waals surface area (Å²) in [7, 11) is -3.91. The minimum atomic E-state index is -3.91. The average molecular weight is 449 g/mol. The molecule has 0 spiro atoms. The van der Waals surface area contributed by atoms with Gasteiger partial charge in [-0.1, -0.05) is 23.7 Å². The summed E-state index contributed by atoms with van der Waals surface area (Å²) in [5.74, 6) is -3.74. The van der Waals surface area contributed by atoms with Crippen LogP contribution in [0.2, 0.25) is 5.02 Å². The molecule has 0 saturated carbocycles. The first kappa shape index (κ1) is 21.1. The Hall–Kier alpha value is -3.63. The van der Waals surface area contributed by atoms with Crippen LogP contribution in [0.25, 0.3) is 11.1 Å². The van der Waals surface area contributed by atoms with Crippen LogP contribution < -0.4 is 11.3 Å². The number of hydrogen-bond donors (Lipinski definition) is 4. The Morgan fingerprint density at radius 3 is 1.80 bits per heavy atom. The van der Waals surface area contributed by atoms with Gasteiger partial charge in [-0.05, 0) is 42.0 Å². The van der Waals surface area contributed by atoms with Crippen LogP contribution in [-0.2, 0) is 9.84 Å². The number of sulfone groups is 1. The van der Waals surface area contributed by atoms with E-state index < -0.39 is 49.8 Å². The van der Waals surface area contributed by atoms with E-state index in [4.69, 9.17) is 17.3 Å². The second-order valence-corrected chi connectivity index (χ2v) is 8.47. The fourth-order valence-corrected chi connectivity index (χ4v) is 4.27. The van der Waals surface area contributed by atoms with Crippen LogP contribution in [0.4, 0.5) is 5.82 Å². The van der Waals surface area contributed by atoms with Gasteiger partial charge < -0.3 is 20.9 Å². The normalized spacial score (nSPS) is 11.2. The number of carboxylic acids is 2. The summed E-state index contributed by atoms with van der Waals surface area (Å²) < 4.78 is 25.5. The summed E-state index contributed by atoms with van der Waals surface area (Å²) in [4.78, 5) is 37.1. The number of aromatic carboxylic acids is 2. The minimum absolute atomic E-state index is 0.00217. The molecular weight excluding hydrogens is 436 g/mol. The Morgan fingerprint density at radius 2 is 1.33 bits per heavy atom. The first-order valence-corrected chi connectivity index (χ1v) is 10.0. The molecule has 1 aromatic heterocycles. The zero-order chi connectivity index (χ0) is 22.2. The van der Waals surface area contributed by atoms with Crippen LogP contribution >= 0.6 is 11.6 Å². The highest BCUT2D eigenvalue weighted by Gasteiger charge is 2.27. The van der Waals surface area contributed by atoms with E-state index in [0.29, 0.717) is 5.02 Å². The topological polar surface area (TPSA) is 168 Å². The summed E-state index contributed by atoms with van der Waals surface area (Å²) in [5.41, 5.74) is 2.63. The summed E-state index contributed by atoms with van der Waals surface area (Å²) in [6, 6.07) is 10.2. The van der Waals surface area contributed by atoms with Crippen molar-refractivity contribution in [1.82, 2.24) is 4.98 Å². The lowest BCUT2D eigenvalue weighted by atomic mass is 9.95. The number of pyridine rings is 1. The summed E-state index contributed by atoms with van der Waals surface area (Å²) in [6.07, 6.45) is 0. The SMILES string of the molecule is Nc1[nH]c(=O)c(C(=O)O)c(-c2ccc(S(=O)(=O)c3ccc(Cl)cc3)cc2)c1C(=O)O. The number of hydrogen-bond acceptors (Lipinski definition) is 6. The van der Waals surface area contributed by atoms with Gasteiger partial charge in [0.1, 0.15) is 16.9 Å². The summed E-state index contributed by atoms with van der Waals surface area (Å²) in [5, 5.41) is 19.2. The highest BCUT2D eigenvalue weighted by molar-refractivity contribution is 7.91. The van der Waals surface area contributed by atoms with Gasteiger partial charge >= 0.3 is 11.9 Å². The van der Waals surface area contributed by atoms with Gasteiger partial charge in [0.05, 0.1) is 9.79 Å². The fourth-order valence-electron chi connectivity index (χ4n) is 2.89. The van der Waals surface area contributed by atoms with E-state index in [-0.39, 0.29) is 15.4 Å². The van der Waals surface area contributed by atoms with Crippen molar-refractivity contribution in [3.8, 4) is 11.1 Å². The Kier molecular flexibility index (Phi) is 5.38. The third-order valence-electron chi connectivity index (χ3n) is 4.25. The largest absolute Gasteiger partial charge is 0.478 e. The molecule has 0 aliphatic carbocycles. The Morgan fingerprint density at radius 1 is 0.867 bits per heavy atom. The number of aromatic amines is 1. The molecule has 0 amide bonds. The summed E-state index contributed by atoms with van der Waals surface area (Å²) >= 11 is 5.77. The van der Waals surface area contributed by atoms with Crippen molar-refractivity contribution in [2.24, 2.45) is 0 Å². The number of nitrogen functional groups attached to an aromatic ring is 1. The lowest BCUT2D eigenvalue weighted by Gasteiger charge is -2.13. The zero-order valence-corrected chi connectivity index (χ0v) is 16.5. The molecule has 0 radical (unpaired) electrons. The molecule has 3 aromatic rings.